The molecular weight excluding hydrogens is 356 g/mol. The van der Waals surface area contributed by atoms with Crippen LogP contribution < -0.4 is 10.1 Å². The Labute approximate surface area is 163 Å². The number of pyridine rings is 1. The molecule has 0 saturated heterocycles. The van der Waals surface area contributed by atoms with Crippen molar-refractivity contribution in [3.63, 3.8) is 0 Å². The van der Waals surface area contributed by atoms with E-state index in [0.717, 1.165) is 45.6 Å². The lowest BCUT2D eigenvalue weighted by molar-refractivity contribution is -0.120. The maximum atomic E-state index is 12.3. The largest absolute Gasteiger partial charge is 0.497 e. The summed E-state index contributed by atoms with van der Waals surface area (Å²) in [6.07, 6.45) is 2.19. The normalized spacial score (nSPS) is 14.7. The maximum Gasteiger partial charge on any atom is 0.233 e. The first kappa shape index (κ1) is 17.9. The molecule has 0 bridgehead atoms. The van der Waals surface area contributed by atoms with Gasteiger partial charge in [0, 0.05) is 17.5 Å². The fraction of sp³-hybridized carbons (Fsp3) is 0.273. The van der Waals surface area contributed by atoms with Crippen molar-refractivity contribution in [1.29, 1.82) is 0 Å². The van der Waals surface area contributed by atoms with Gasteiger partial charge in [-0.25, -0.2) is 4.98 Å². The van der Waals surface area contributed by atoms with E-state index in [0.29, 0.717) is 6.04 Å². The van der Waals surface area contributed by atoms with E-state index in [4.69, 9.17) is 9.72 Å². The minimum absolute atomic E-state index is 0.0799. The molecule has 4 nitrogen and oxygen atoms in total. The zero-order chi connectivity index (χ0) is 18.8. The third kappa shape index (κ3) is 4.08. The number of carbonyl (C=O) groups excluding carboxylic acids is 1. The third-order valence-corrected chi connectivity index (χ3v) is 5.69. The van der Waals surface area contributed by atoms with Gasteiger partial charge < -0.3 is 10.1 Å². The number of fused-ring (bicyclic) bond motifs is 1. The van der Waals surface area contributed by atoms with Crippen molar-refractivity contribution in [2.75, 3.05) is 7.11 Å². The van der Waals surface area contributed by atoms with Crippen LogP contribution in [0.25, 0.3) is 22.0 Å². The van der Waals surface area contributed by atoms with Crippen molar-refractivity contribution in [2.45, 2.75) is 36.1 Å². The van der Waals surface area contributed by atoms with Gasteiger partial charge in [-0.2, -0.15) is 0 Å². The molecule has 1 N–H and O–H groups in total. The minimum atomic E-state index is -0.190. The molecule has 1 amide bonds. The van der Waals surface area contributed by atoms with Crippen LogP contribution in [0.2, 0.25) is 0 Å². The highest BCUT2D eigenvalue weighted by atomic mass is 32.2. The van der Waals surface area contributed by atoms with E-state index >= 15 is 0 Å². The second-order valence-corrected chi connectivity index (χ2v) is 8.16. The molecule has 2 aromatic carbocycles. The molecule has 1 aromatic heterocycles. The number of amides is 1. The molecule has 0 radical (unpaired) electrons. The van der Waals surface area contributed by atoms with Gasteiger partial charge in [0.25, 0.3) is 0 Å². The van der Waals surface area contributed by atoms with Crippen molar-refractivity contribution < 1.29 is 9.53 Å². The van der Waals surface area contributed by atoms with Gasteiger partial charge in [0.2, 0.25) is 5.91 Å². The van der Waals surface area contributed by atoms with Gasteiger partial charge in [-0.1, -0.05) is 42.1 Å². The molecule has 27 heavy (non-hydrogen) atoms. The van der Waals surface area contributed by atoms with Crippen molar-refractivity contribution in [2.24, 2.45) is 0 Å². The molecule has 0 aliphatic heterocycles. The Morgan fingerprint density at radius 2 is 1.96 bits per heavy atom. The van der Waals surface area contributed by atoms with E-state index in [1.54, 1.807) is 7.11 Å². The number of ether oxygens (including phenoxy) is 1. The Bertz CT molecular complexity index is 971. The number of benzene rings is 2. The van der Waals surface area contributed by atoms with Crippen LogP contribution in [0.4, 0.5) is 0 Å². The summed E-state index contributed by atoms with van der Waals surface area (Å²) in [6, 6.07) is 18.7. The van der Waals surface area contributed by atoms with Gasteiger partial charge in [0.05, 0.1) is 22.9 Å². The van der Waals surface area contributed by atoms with E-state index < -0.39 is 0 Å². The summed E-state index contributed by atoms with van der Waals surface area (Å²) in [5.74, 6) is 0.854. The summed E-state index contributed by atoms with van der Waals surface area (Å²) in [7, 11) is 1.65. The van der Waals surface area contributed by atoms with Crippen molar-refractivity contribution in [1.82, 2.24) is 10.3 Å². The van der Waals surface area contributed by atoms with E-state index in [2.05, 4.69) is 23.5 Å². The summed E-state index contributed by atoms with van der Waals surface area (Å²) in [4.78, 5) is 17.1. The van der Waals surface area contributed by atoms with Gasteiger partial charge in [-0.05, 0) is 49.1 Å². The van der Waals surface area contributed by atoms with Gasteiger partial charge in [0.1, 0.15) is 5.75 Å². The highest BCUT2D eigenvalue weighted by Gasteiger charge is 2.26. The molecule has 0 unspecified atom stereocenters. The van der Waals surface area contributed by atoms with Crippen LogP contribution in [-0.4, -0.2) is 29.3 Å². The first-order valence-electron chi connectivity index (χ1n) is 9.15. The average Bonchev–Trinajstić information content (AvgIpc) is 3.51. The number of thioether (sulfide) groups is 1. The summed E-state index contributed by atoms with van der Waals surface area (Å²) in [6.45, 7) is 1.93. The zero-order valence-electron chi connectivity index (χ0n) is 15.4. The molecule has 1 saturated carbocycles. The van der Waals surface area contributed by atoms with Gasteiger partial charge in [0.15, 0.2) is 0 Å². The zero-order valence-corrected chi connectivity index (χ0v) is 16.3. The maximum absolute atomic E-state index is 12.3. The molecule has 138 valence electrons. The Morgan fingerprint density at radius 3 is 2.67 bits per heavy atom. The second-order valence-electron chi connectivity index (χ2n) is 6.80. The quantitative estimate of drug-likeness (QED) is 0.633. The van der Waals surface area contributed by atoms with Crippen LogP contribution >= 0.6 is 11.8 Å². The van der Waals surface area contributed by atoms with Gasteiger partial charge >= 0.3 is 0 Å². The summed E-state index contributed by atoms with van der Waals surface area (Å²) in [5, 5.41) is 4.79. The van der Waals surface area contributed by atoms with Gasteiger partial charge in [-0.3, -0.25) is 4.79 Å². The van der Waals surface area contributed by atoms with Crippen molar-refractivity contribution in [3.8, 4) is 16.9 Å². The molecule has 1 atom stereocenters. The number of nitrogens with one attached hydrogen (secondary N) is 1. The molecule has 1 heterocycles. The Hall–Kier alpha value is -2.53. The molecule has 3 aromatic rings. The summed E-state index contributed by atoms with van der Waals surface area (Å²) < 4.78 is 5.37. The van der Waals surface area contributed by atoms with Crippen LogP contribution in [0.1, 0.15) is 19.8 Å². The van der Waals surface area contributed by atoms with Crippen LogP contribution in [-0.2, 0) is 4.79 Å². The van der Waals surface area contributed by atoms with Crippen molar-refractivity contribution >= 4 is 28.6 Å². The number of carbonyl (C=O) groups is 1. The van der Waals surface area contributed by atoms with E-state index in [-0.39, 0.29) is 11.2 Å². The number of methoxy groups -OCH3 is 1. The fourth-order valence-electron chi connectivity index (χ4n) is 3.01. The second kappa shape index (κ2) is 7.61. The number of aromatic nitrogens is 1. The summed E-state index contributed by atoms with van der Waals surface area (Å²) in [5.41, 5.74) is 3.11. The third-order valence-electron chi connectivity index (χ3n) is 4.67. The Kier molecular flexibility index (Phi) is 5.03. The smallest absolute Gasteiger partial charge is 0.233 e. The lowest BCUT2D eigenvalue weighted by Gasteiger charge is -2.14. The predicted molar refractivity (Wildman–Crippen MR) is 110 cm³/mol. The number of rotatable bonds is 6. The number of nitrogens with zero attached hydrogens (tertiary/aromatic N) is 1. The SMILES string of the molecule is COc1ccc2c(-c3ccccc3)cc(S[C@@H](C)C(=O)NC3CC3)nc2c1. The van der Waals surface area contributed by atoms with E-state index in [1.807, 2.05) is 43.3 Å². The molecule has 1 aliphatic rings. The molecule has 5 heteroatoms. The predicted octanol–water partition coefficient (Wildman–Crippen LogP) is 4.67. The lowest BCUT2D eigenvalue weighted by atomic mass is 10.0. The van der Waals surface area contributed by atoms with E-state index in [1.165, 1.54) is 11.8 Å². The fourth-order valence-corrected chi connectivity index (χ4v) is 3.88. The highest BCUT2D eigenvalue weighted by Crippen LogP contribution is 2.34. The highest BCUT2D eigenvalue weighted by molar-refractivity contribution is 8.00. The van der Waals surface area contributed by atoms with E-state index in [9.17, 15) is 4.79 Å². The Morgan fingerprint density at radius 1 is 1.19 bits per heavy atom. The molecular formula is C22H22N2O2S. The minimum Gasteiger partial charge on any atom is -0.497 e. The molecule has 4 rings (SSSR count). The molecule has 1 aliphatic carbocycles. The van der Waals surface area contributed by atoms with Crippen LogP contribution in [0, 0.1) is 0 Å². The topological polar surface area (TPSA) is 51.2 Å². The van der Waals surface area contributed by atoms with Crippen LogP contribution in [0.15, 0.2) is 59.6 Å². The number of hydrogen-bond donors (Lipinski definition) is 1. The molecule has 0 spiro atoms. The van der Waals surface area contributed by atoms with Gasteiger partial charge in [-0.15, -0.1) is 0 Å². The summed E-state index contributed by atoms with van der Waals surface area (Å²) >= 11 is 1.49. The molecule has 1 fully saturated rings. The lowest BCUT2D eigenvalue weighted by Crippen LogP contribution is -2.32. The van der Waals surface area contributed by atoms with Crippen LogP contribution in [0.5, 0.6) is 5.75 Å². The standard InChI is InChI=1S/C22H22N2O2S/c1-14(22(25)23-16-8-9-16)27-21-13-19(15-6-4-3-5-7-15)18-11-10-17(26-2)12-20(18)24-21/h3-7,10-14,16H,8-9H2,1-2H3,(H,23,25)/t14-/m0/s1. The first-order valence-corrected chi connectivity index (χ1v) is 10.0. The van der Waals surface area contributed by atoms with Crippen molar-refractivity contribution in [3.05, 3.63) is 54.6 Å². The monoisotopic (exact) mass is 378 g/mol. The van der Waals surface area contributed by atoms with Crippen LogP contribution in [0.3, 0.4) is 0 Å². The number of hydrogen-bond acceptors (Lipinski definition) is 4. The Balaban J connectivity index is 1.72. The first-order chi connectivity index (χ1) is 13.1. The average molecular weight is 378 g/mol.